The first-order chi connectivity index (χ1) is 20.5. The second-order valence-corrected chi connectivity index (χ2v) is 191. The molecule has 0 N–H and O–H groups in total. The summed E-state index contributed by atoms with van der Waals surface area (Å²) < 4.78 is 0. The van der Waals surface area contributed by atoms with Crippen LogP contribution < -0.4 is 0 Å². The van der Waals surface area contributed by atoms with Crippen LogP contribution in [-0.4, -0.2) is 0 Å². The molecule has 25 atom stereocenters. The summed E-state index contributed by atoms with van der Waals surface area (Å²) in [4.78, 5) is 0. The van der Waals surface area contributed by atoms with Crippen molar-refractivity contribution >= 4 is 371 Å². The smallest absolute Gasteiger partial charge is 0.0000224 e. The Morgan fingerprint density at radius 2 is 0.378 bits per heavy atom. The lowest BCUT2D eigenvalue weighted by atomic mass is 28.4. The summed E-state index contributed by atoms with van der Waals surface area (Å²) in [5, 5.41) is 0. The van der Waals surface area contributed by atoms with Crippen molar-refractivity contribution < 1.29 is 0 Å². The Hall–Kier alpha value is 19.6. The van der Waals surface area contributed by atoms with E-state index in [0.717, 1.165) is 5.91 Å². The van der Waals surface area contributed by atoms with Gasteiger partial charge in [0, 0.05) is 0 Å². The van der Waals surface area contributed by atoms with E-state index in [4.69, 9.17) is 0 Å². The highest BCUT2D eigenvalue weighted by Crippen LogP contribution is 3.44. The van der Waals surface area contributed by atoms with Crippen LogP contribution in [0.5, 0.6) is 0 Å². The van der Waals surface area contributed by atoms with Gasteiger partial charge >= 0.3 is 0 Å². The third-order valence-electron chi connectivity index (χ3n) is 3.81. The third-order valence-corrected chi connectivity index (χ3v) is 316. The number of rotatable bonds is 21. The molecule has 0 aliphatic rings. The van der Waals surface area contributed by atoms with Crippen LogP contribution >= 0.6 is 371 Å². The Kier molecular flexibility index (Phi) is 51.3. The van der Waals surface area contributed by atoms with E-state index in [1.54, 1.807) is 0 Å². The van der Waals surface area contributed by atoms with Gasteiger partial charge in [-0.05, 0) is 153 Å². The van der Waals surface area contributed by atoms with Crippen LogP contribution in [0.1, 0.15) is 0 Å². The molecule has 0 bridgehead atoms. The summed E-state index contributed by atoms with van der Waals surface area (Å²) in [6, 6.07) is 0. The van der Waals surface area contributed by atoms with Crippen molar-refractivity contribution in [1.82, 2.24) is 0 Å². The maximum absolute atomic E-state index is 3.44. The van der Waals surface area contributed by atoms with Crippen molar-refractivity contribution in [1.29, 1.82) is 0 Å². The van der Waals surface area contributed by atoms with Crippen LogP contribution in [0.4, 0.5) is 0 Å². The molecule has 0 aromatic heterocycles. The van der Waals surface area contributed by atoms with E-state index in [0.29, 0.717) is 0 Å². The summed E-state index contributed by atoms with van der Waals surface area (Å²) in [7, 11) is 75.7. The van der Waals surface area contributed by atoms with Gasteiger partial charge < -0.3 is 0 Å². The fourth-order valence-corrected chi connectivity index (χ4v) is 645. The molecule has 272 valence electrons. The van der Waals surface area contributed by atoms with E-state index in [-0.39, 0.29) is 147 Å². The molecule has 0 saturated heterocycles. The molecular weight excluding hydrogens is 1490 g/mol. The Morgan fingerprint density at radius 3 is 0.511 bits per heavy atom. The first-order valence-electron chi connectivity index (χ1n) is 10.1. The van der Waals surface area contributed by atoms with E-state index in [2.05, 4.69) is 218 Å². The molecule has 0 saturated carbocycles. The maximum atomic E-state index is 3.44. The van der Waals surface area contributed by atoms with Gasteiger partial charge in [0.1, 0.15) is 0 Å². The topological polar surface area (TPSA) is 0 Å². The minimum Gasteiger partial charge on any atom is -0.102 e. The Bertz CT molecular complexity index is 629. The highest BCUT2D eigenvalue weighted by atomic mass is 127. The van der Waals surface area contributed by atoms with Crippen LogP contribution in [0.25, 0.3) is 0 Å². The van der Waals surface area contributed by atoms with Crippen LogP contribution in [-0.2, 0) is 0 Å². The lowest BCUT2D eigenvalue weighted by Gasteiger charge is -2.57. The maximum Gasteiger partial charge on any atom is -0.0000224 e. The summed E-state index contributed by atoms with van der Waals surface area (Å²) in [6.45, 7) is -2.31. The van der Waals surface area contributed by atoms with Gasteiger partial charge in [0.15, 0.2) is 0 Å². The zero-order valence-corrected chi connectivity index (χ0v) is 70.3. The number of hydrogen-bond acceptors (Lipinski definition) is 0. The van der Waals surface area contributed by atoms with Gasteiger partial charge in [-0.3, -0.25) is 0 Å². The van der Waals surface area contributed by atoms with Gasteiger partial charge in [0.05, 0.1) is 0 Å². The molecule has 0 heterocycles. The molecule has 0 aromatic rings. The molecule has 0 rings (SSSR count). The zero-order valence-electron chi connectivity index (χ0n) is 23.0. The second kappa shape index (κ2) is 35.7. The summed E-state index contributed by atoms with van der Waals surface area (Å²) in [5.41, 5.74) is 0. The molecule has 45 heteroatoms. The minimum atomic E-state index is -0.151. The van der Waals surface area contributed by atoms with E-state index in [9.17, 15) is 0 Å². The molecule has 0 spiro atoms. The number of halogens is 1. The first-order valence-corrected chi connectivity index (χ1v) is 92.9. The van der Waals surface area contributed by atoms with Crippen molar-refractivity contribution in [2.45, 2.75) is 0 Å². The van der Waals surface area contributed by atoms with Crippen LogP contribution in [0.2, 0.25) is 0 Å². The van der Waals surface area contributed by atoms with Crippen LogP contribution in [0, 0.1) is 0 Å². The first kappa shape index (κ1) is 64.6. The largest absolute Gasteiger partial charge is 0.102 e. The van der Waals surface area contributed by atoms with Gasteiger partial charge in [-0.1, -0.05) is 22.0 Å². The summed E-state index contributed by atoms with van der Waals surface area (Å²) in [6.07, 6.45) is 0. The van der Waals surface area contributed by atoms with Crippen LogP contribution in [0.3, 0.4) is 0 Å². The van der Waals surface area contributed by atoms with Gasteiger partial charge in [0.2, 0.25) is 0 Å². The Labute approximate surface area is 365 Å². The molecule has 45 heavy (non-hydrogen) atoms. The van der Waals surface area contributed by atoms with Crippen molar-refractivity contribution in [2.75, 3.05) is 0 Å². The summed E-state index contributed by atoms with van der Waals surface area (Å²) >= 11 is 2.89. The second-order valence-electron chi connectivity index (χ2n) is 6.97. The highest BCUT2D eigenvalue weighted by Gasteiger charge is 2.57. The van der Waals surface area contributed by atoms with Crippen molar-refractivity contribution in [3.63, 3.8) is 0 Å². The summed E-state index contributed by atoms with van der Waals surface area (Å²) in [5.74, 6) is 1.07. The molecule has 0 aliphatic heterocycles. The molecule has 0 amide bonds. The average molecular weight is 1540 g/mol. The number of hydrogen-bond donors (Lipinski definition) is 0. The predicted octanol–water partition coefficient (Wildman–Crippen LogP) is 26.7. The molecule has 0 radical (unpaired) electrons. The monoisotopic (exact) mass is 1540 g/mol. The standard InChI is InChI=1S/H45IP44/c1-24-36(25(2)3)42(37(26(4)5)27(6)7)45(43(38(28(8)9)29(10)11)39(30(12)13)31(14)15)44(40(32(16)17)33(18)19)41(34(20)21)35(22)23/h24H,2-23H2. The molecule has 0 nitrogen and oxygen atoms in total. The molecule has 25 unspecified atom stereocenters. The minimum absolute atomic E-state index is 0.0133. The lowest BCUT2D eigenvalue weighted by molar-refractivity contribution is 4.37. The third kappa shape index (κ3) is 23.4. The zero-order chi connectivity index (χ0) is 35.8. The van der Waals surface area contributed by atoms with E-state index >= 15 is 0 Å². The van der Waals surface area contributed by atoms with Gasteiger partial charge in [-0.15, -0.1) is 196 Å². The Balaban J connectivity index is 8.98. The SMILES string of the molecule is PP(P)P(PI)P(P(P(P)P)P(P)P)P(P(P(P(P)P)P(P)P)P(P(P)P)P(P)P)P(P(P(P)P)P(P)P)P(P(P)P)P(P)P. The van der Waals surface area contributed by atoms with Crippen molar-refractivity contribution in [3.05, 3.63) is 0 Å². The lowest BCUT2D eigenvalue weighted by Crippen LogP contribution is -1.69. The average Bonchev–Trinajstić information content (AvgIpc) is 2.81. The van der Waals surface area contributed by atoms with Gasteiger partial charge in [-0.25, -0.2) is 0 Å². The fraction of sp³-hybridized carbons (Fsp3) is 0. The van der Waals surface area contributed by atoms with Gasteiger partial charge in [0.25, 0.3) is 0 Å². The Morgan fingerprint density at radius 1 is 0.222 bits per heavy atom. The molecule has 0 fully saturated rings. The molecule has 0 aliphatic carbocycles. The molecule has 0 aromatic carbocycles. The van der Waals surface area contributed by atoms with Crippen molar-refractivity contribution in [2.24, 2.45) is 0 Å². The predicted molar refractivity (Wildman–Crippen MR) is 381 cm³/mol. The van der Waals surface area contributed by atoms with E-state index in [1.165, 1.54) is 0 Å². The van der Waals surface area contributed by atoms with Crippen LogP contribution in [0.15, 0.2) is 0 Å². The molecular formula is H45IP44. The quantitative estimate of drug-likeness (QED) is 0.0794. The fourth-order valence-electron chi connectivity index (χ4n) is 2.56. The van der Waals surface area contributed by atoms with Gasteiger partial charge in [-0.2, -0.15) is 0 Å². The normalized spacial score (nSPS) is 15.9. The van der Waals surface area contributed by atoms with Crippen molar-refractivity contribution in [3.8, 4) is 0 Å². The van der Waals surface area contributed by atoms with E-state index in [1.807, 2.05) is 0 Å². The highest BCUT2D eigenvalue weighted by molar-refractivity contribution is 14.2. The van der Waals surface area contributed by atoms with E-state index < -0.39 is 0 Å².